The summed E-state index contributed by atoms with van der Waals surface area (Å²) in [6.07, 6.45) is 0. The number of hydrogen-bond acceptors (Lipinski definition) is 3. The molecular weight excluding hydrogens is 260 g/mol. The topological polar surface area (TPSA) is 45.5 Å². The monoisotopic (exact) mass is 272 g/mol. The van der Waals surface area contributed by atoms with Crippen molar-refractivity contribution in [3.8, 4) is 0 Å². The number of nitrogens with one attached hydrogen (secondary N) is 1. The highest BCUT2D eigenvalue weighted by Crippen LogP contribution is 2.16. The molecule has 1 fully saturated rings. The molecule has 0 aromatic carbocycles. The van der Waals surface area contributed by atoms with Gasteiger partial charge in [-0.2, -0.15) is 0 Å². The number of nitrogens with zero attached hydrogens (tertiary/aromatic N) is 1. The van der Waals surface area contributed by atoms with Crippen LogP contribution in [0.1, 0.15) is 17.5 Å². The van der Waals surface area contributed by atoms with E-state index in [1.807, 2.05) is 4.90 Å². The number of amides is 1. The van der Waals surface area contributed by atoms with Crippen LogP contribution in [-0.4, -0.2) is 36.5 Å². The van der Waals surface area contributed by atoms with Gasteiger partial charge < -0.3 is 14.6 Å². The van der Waals surface area contributed by atoms with Gasteiger partial charge in [0.25, 0.3) is 5.91 Å². The predicted octanol–water partition coefficient (Wildman–Crippen LogP) is 1.48. The minimum atomic E-state index is -0.0333. The highest BCUT2D eigenvalue weighted by Gasteiger charge is 2.23. The lowest BCUT2D eigenvalue weighted by Gasteiger charge is -2.31. The lowest BCUT2D eigenvalue weighted by Crippen LogP contribution is -2.51. The van der Waals surface area contributed by atoms with Crippen LogP contribution in [0.4, 0.5) is 0 Å². The fraction of sp³-hybridized carbons (Fsp3) is 0.500. The van der Waals surface area contributed by atoms with Gasteiger partial charge in [0.1, 0.15) is 0 Å². The molecule has 0 saturated carbocycles. The van der Waals surface area contributed by atoms with E-state index >= 15 is 0 Å². The molecule has 2 heterocycles. The van der Waals surface area contributed by atoms with Crippen LogP contribution in [0.5, 0.6) is 0 Å². The van der Waals surface area contributed by atoms with E-state index in [2.05, 4.69) is 28.2 Å². The van der Waals surface area contributed by atoms with Crippen molar-refractivity contribution < 1.29 is 9.21 Å². The van der Waals surface area contributed by atoms with Crippen molar-refractivity contribution in [3.05, 3.63) is 22.6 Å². The maximum atomic E-state index is 11.9. The number of carbonyl (C=O) groups is 1. The Morgan fingerprint density at radius 3 is 3.07 bits per heavy atom. The Bertz CT molecular complexity index is 364. The van der Waals surface area contributed by atoms with E-state index in [9.17, 15) is 4.79 Å². The maximum Gasteiger partial charge on any atom is 0.289 e. The average Bonchev–Trinajstić information content (AvgIpc) is 2.64. The van der Waals surface area contributed by atoms with Crippen LogP contribution in [0.15, 0.2) is 21.2 Å². The molecular formula is C10H13BrN2O2. The zero-order chi connectivity index (χ0) is 10.8. The summed E-state index contributed by atoms with van der Waals surface area (Å²) in [5.41, 5.74) is 0. The molecule has 82 valence electrons. The first-order chi connectivity index (χ1) is 7.16. The highest BCUT2D eigenvalue weighted by atomic mass is 79.9. The fourth-order valence-corrected chi connectivity index (χ4v) is 2.01. The predicted molar refractivity (Wildman–Crippen MR) is 59.8 cm³/mol. The van der Waals surface area contributed by atoms with Crippen LogP contribution in [0, 0.1) is 0 Å². The first kappa shape index (κ1) is 10.7. The smallest absolute Gasteiger partial charge is 0.289 e. The molecule has 0 radical (unpaired) electrons. The minimum absolute atomic E-state index is 0.0333. The van der Waals surface area contributed by atoms with Crippen molar-refractivity contribution in [3.63, 3.8) is 0 Å². The van der Waals surface area contributed by atoms with Gasteiger partial charge in [-0.15, -0.1) is 0 Å². The third-order valence-corrected chi connectivity index (χ3v) is 2.87. The number of hydrogen-bond donors (Lipinski definition) is 1. The van der Waals surface area contributed by atoms with Gasteiger partial charge in [-0.3, -0.25) is 4.79 Å². The van der Waals surface area contributed by atoms with Crippen LogP contribution in [-0.2, 0) is 0 Å². The highest BCUT2D eigenvalue weighted by molar-refractivity contribution is 9.10. The summed E-state index contributed by atoms with van der Waals surface area (Å²) in [4.78, 5) is 13.8. The molecule has 4 nitrogen and oxygen atoms in total. The van der Waals surface area contributed by atoms with Crippen molar-refractivity contribution in [2.24, 2.45) is 0 Å². The summed E-state index contributed by atoms with van der Waals surface area (Å²) in [6.45, 7) is 4.38. The quantitative estimate of drug-likeness (QED) is 0.843. The summed E-state index contributed by atoms with van der Waals surface area (Å²) in [5, 5.41) is 3.29. The van der Waals surface area contributed by atoms with Crippen LogP contribution in [0.25, 0.3) is 0 Å². The second-order valence-electron chi connectivity index (χ2n) is 3.71. The Labute approximate surface area is 96.7 Å². The number of piperazine rings is 1. The van der Waals surface area contributed by atoms with E-state index in [-0.39, 0.29) is 5.91 Å². The van der Waals surface area contributed by atoms with Gasteiger partial charge in [-0.25, -0.2) is 0 Å². The van der Waals surface area contributed by atoms with Crippen LogP contribution >= 0.6 is 15.9 Å². The molecule has 1 aromatic heterocycles. The molecule has 1 unspecified atom stereocenters. The molecule has 1 aliphatic rings. The first-order valence-corrected chi connectivity index (χ1v) is 5.74. The number of carbonyl (C=O) groups excluding carboxylic acids is 1. The van der Waals surface area contributed by atoms with Crippen molar-refractivity contribution >= 4 is 21.8 Å². The van der Waals surface area contributed by atoms with E-state index in [4.69, 9.17) is 4.42 Å². The van der Waals surface area contributed by atoms with Crippen molar-refractivity contribution in [1.82, 2.24) is 10.2 Å². The van der Waals surface area contributed by atoms with E-state index in [1.165, 1.54) is 0 Å². The Balaban J connectivity index is 2.07. The first-order valence-electron chi connectivity index (χ1n) is 4.95. The molecule has 5 heteroatoms. The fourth-order valence-electron chi connectivity index (χ4n) is 1.70. The van der Waals surface area contributed by atoms with Gasteiger partial charge >= 0.3 is 0 Å². The molecule has 0 aliphatic carbocycles. The largest absolute Gasteiger partial charge is 0.444 e. The number of furan rings is 1. The van der Waals surface area contributed by atoms with Gasteiger partial charge in [-0.1, -0.05) is 0 Å². The molecule has 1 N–H and O–H groups in total. The van der Waals surface area contributed by atoms with Gasteiger partial charge in [0.05, 0.1) is 0 Å². The van der Waals surface area contributed by atoms with Crippen LogP contribution < -0.4 is 5.32 Å². The van der Waals surface area contributed by atoms with Crippen molar-refractivity contribution in [1.29, 1.82) is 0 Å². The minimum Gasteiger partial charge on any atom is -0.444 e. The van der Waals surface area contributed by atoms with Gasteiger partial charge in [-0.05, 0) is 35.0 Å². The molecule has 1 amide bonds. The second-order valence-corrected chi connectivity index (χ2v) is 4.49. The SMILES string of the molecule is CC1CN(C(=O)c2ccc(Br)o2)CCN1. The van der Waals surface area contributed by atoms with Gasteiger partial charge in [0, 0.05) is 25.7 Å². The normalized spacial score (nSPS) is 21.7. The lowest BCUT2D eigenvalue weighted by atomic mass is 10.2. The Morgan fingerprint density at radius 1 is 1.67 bits per heavy atom. The standard InChI is InChI=1S/C10H13BrN2O2/c1-7-6-13(5-4-12-7)10(14)8-2-3-9(11)15-8/h2-3,7,12H,4-6H2,1H3. The van der Waals surface area contributed by atoms with E-state index in [0.29, 0.717) is 16.5 Å². The third-order valence-electron chi connectivity index (χ3n) is 2.44. The third kappa shape index (κ3) is 2.41. The van der Waals surface area contributed by atoms with Crippen molar-refractivity contribution in [2.75, 3.05) is 19.6 Å². The average molecular weight is 273 g/mol. The summed E-state index contributed by atoms with van der Waals surface area (Å²) in [7, 11) is 0. The molecule has 0 bridgehead atoms. The summed E-state index contributed by atoms with van der Waals surface area (Å²) in [5.74, 6) is 0.366. The number of halogens is 1. The molecule has 1 saturated heterocycles. The second kappa shape index (κ2) is 4.37. The van der Waals surface area contributed by atoms with Gasteiger partial charge in [0.2, 0.25) is 0 Å². The summed E-state index contributed by atoms with van der Waals surface area (Å²) >= 11 is 3.19. The molecule has 1 atom stereocenters. The maximum absolute atomic E-state index is 11.9. The molecule has 2 rings (SSSR count). The Morgan fingerprint density at radius 2 is 2.47 bits per heavy atom. The molecule has 15 heavy (non-hydrogen) atoms. The molecule has 0 spiro atoms. The van der Waals surface area contributed by atoms with E-state index in [1.54, 1.807) is 12.1 Å². The molecule has 1 aromatic rings. The van der Waals surface area contributed by atoms with Crippen molar-refractivity contribution in [2.45, 2.75) is 13.0 Å². The van der Waals surface area contributed by atoms with Crippen LogP contribution in [0.2, 0.25) is 0 Å². The number of rotatable bonds is 1. The summed E-state index contributed by atoms with van der Waals surface area (Å²) in [6, 6.07) is 3.78. The Kier molecular flexibility index (Phi) is 3.11. The lowest BCUT2D eigenvalue weighted by molar-refractivity contribution is 0.0675. The van der Waals surface area contributed by atoms with Crippen LogP contribution in [0.3, 0.4) is 0 Å². The summed E-state index contributed by atoms with van der Waals surface area (Å²) < 4.78 is 5.83. The van der Waals surface area contributed by atoms with Gasteiger partial charge in [0.15, 0.2) is 10.4 Å². The zero-order valence-corrected chi connectivity index (χ0v) is 10.1. The van der Waals surface area contributed by atoms with E-state index in [0.717, 1.165) is 19.6 Å². The Hall–Kier alpha value is -0.810. The zero-order valence-electron chi connectivity index (χ0n) is 8.50. The molecule has 1 aliphatic heterocycles. The van der Waals surface area contributed by atoms with E-state index < -0.39 is 0 Å².